The van der Waals surface area contributed by atoms with Gasteiger partial charge < -0.3 is 14.6 Å². The van der Waals surface area contributed by atoms with Gasteiger partial charge in [-0.1, -0.05) is 30.0 Å². The number of nitrogens with one attached hydrogen (secondary N) is 1. The predicted molar refractivity (Wildman–Crippen MR) is 123 cm³/mol. The highest BCUT2D eigenvalue weighted by Gasteiger charge is 2.45. The molecule has 1 aromatic carbocycles. The van der Waals surface area contributed by atoms with E-state index in [1.54, 1.807) is 24.0 Å². The molecular formula is C24H26F3N3O3S. The van der Waals surface area contributed by atoms with Crippen LogP contribution in [0.5, 0.6) is 0 Å². The van der Waals surface area contributed by atoms with Crippen molar-refractivity contribution in [2.24, 2.45) is 10.9 Å². The van der Waals surface area contributed by atoms with E-state index in [2.05, 4.69) is 10.3 Å². The summed E-state index contributed by atoms with van der Waals surface area (Å²) in [5.74, 6) is -0.00206. The van der Waals surface area contributed by atoms with Gasteiger partial charge in [0.25, 0.3) is 5.91 Å². The molecular weight excluding hydrogens is 467 g/mol. The molecule has 2 aromatic rings. The van der Waals surface area contributed by atoms with Crippen LogP contribution in [0.1, 0.15) is 60.6 Å². The molecule has 2 fully saturated rings. The van der Waals surface area contributed by atoms with Gasteiger partial charge in [0.15, 0.2) is 5.17 Å². The number of benzene rings is 1. The van der Waals surface area contributed by atoms with Gasteiger partial charge in [0.2, 0.25) is 5.91 Å². The van der Waals surface area contributed by atoms with Crippen molar-refractivity contribution in [3.8, 4) is 0 Å². The molecule has 2 aliphatic rings. The average molecular weight is 494 g/mol. The van der Waals surface area contributed by atoms with Crippen LogP contribution >= 0.6 is 11.8 Å². The van der Waals surface area contributed by atoms with Crippen molar-refractivity contribution in [3.63, 3.8) is 0 Å². The molecule has 4 rings (SSSR count). The molecule has 2 amide bonds. The molecule has 0 aliphatic carbocycles. The second kappa shape index (κ2) is 9.48. The fourth-order valence-corrected chi connectivity index (χ4v) is 5.78. The van der Waals surface area contributed by atoms with Crippen molar-refractivity contribution in [1.82, 2.24) is 10.2 Å². The number of piperidine rings is 1. The molecule has 0 radical (unpaired) electrons. The van der Waals surface area contributed by atoms with Crippen molar-refractivity contribution in [1.29, 1.82) is 0 Å². The lowest BCUT2D eigenvalue weighted by Gasteiger charge is -2.34. The van der Waals surface area contributed by atoms with Gasteiger partial charge in [0.1, 0.15) is 6.26 Å². The zero-order valence-corrected chi connectivity index (χ0v) is 19.7. The summed E-state index contributed by atoms with van der Waals surface area (Å²) in [6.07, 6.45) is 0.579. The summed E-state index contributed by atoms with van der Waals surface area (Å²) in [6.45, 7) is 4.63. The Morgan fingerprint density at radius 2 is 2.00 bits per heavy atom. The Bertz CT molecular complexity index is 1080. The maximum absolute atomic E-state index is 13.4. The summed E-state index contributed by atoms with van der Waals surface area (Å²) in [4.78, 5) is 31.5. The van der Waals surface area contributed by atoms with Gasteiger partial charge in [-0.2, -0.15) is 13.2 Å². The number of hydrogen-bond acceptors (Lipinski definition) is 5. The number of amides is 2. The van der Waals surface area contributed by atoms with Gasteiger partial charge in [0, 0.05) is 13.1 Å². The Hall–Kier alpha value is -2.75. The second-order valence-electron chi connectivity index (χ2n) is 8.93. The Morgan fingerprint density at radius 1 is 1.29 bits per heavy atom. The molecule has 10 heteroatoms. The minimum absolute atomic E-state index is 0.0612. The fraction of sp³-hybridized carbons (Fsp3) is 0.458. The molecule has 0 bridgehead atoms. The number of aliphatic imine (C=N–C) groups is 1. The minimum Gasteiger partial charge on any atom is -0.472 e. The number of halogens is 3. The van der Waals surface area contributed by atoms with E-state index in [0.29, 0.717) is 30.2 Å². The molecule has 1 N–H and O–H groups in total. The van der Waals surface area contributed by atoms with Gasteiger partial charge in [-0.25, -0.2) is 0 Å². The predicted octanol–water partition coefficient (Wildman–Crippen LogP) is 5.28. The maximum atomic E-state index is 13.4. The van der Waals surface area contributed by atoms with E-state index in [0.717, 1.165) is 18.9 Å². The van der Waals surface area contributed by atoms with Crippen LogP contribution < -0.4 is 5.32 Å². The van der Waals surface area contributed by atoms with Gasteiger partial charge >= 0.3 is 6.18 Å². The molecule has 3 heterocycles. The monoisotopic (exact) mass is 493 g/mol. The summed E-state index contributed by atoms with van der Waals surface area (Å²) >= 11 is 1.27. The number of hydrogen-bond donors (Lipinski definition) is 1. The number of likely N-dealkylation sites (tertiary alicyclic amines) is 1. The van der Waals surface area contributed by atoms with Crippen LogP contribution in [0.2, 0.25) is 0 Å². The van der Waals surface area contributed by atoms with E-state index in [9.17, 15) is 22.8 Å². The summed E-state index contributed by atoms with van der Waals surface area (Å²) in [5.41, 5.74) is -0.125. The lowest BCUT2D eigenvalue weighted by Crippen LogP contribution is -2.41. The Kier molecular flexibility index (Phi) is 6.80. The Morgan fingerprint density at radius 3 is 2.65 bits per heavy atom. The lowest BCUT2D eigenvalue weighted by atomic mass is 9.87. The van der Waals surface area contributed by atoms with E-state index in [1.807, 2.05) is 6.92 Å². The number of amidine groups is 1. The lowest BCUT2D eigenvalue weighted by molar-refractivity contribution is -0.138. The van der Waals surface area contributed by atoms with Crippen LogP contribution in [-0.4, -0.2) is 39.7 Å². The first-order valence-electron chi connectivity index (χ1n) is 11.1. The standard InChI is InChI=1S/C24H26F3N3O3S/c1-15(18-5-3-4-6-19(18)24(25,26)27)28-22-29-21(32)23(2,34-22)13-16-7-10-30(11-8-16)20(31)17-9-12-33-14-17/h3-6,9,12,14-16H,7-8,10-11,13H2,1-2H3,(H,28,29,32)/t15-,23-/m0/s1. The SMILES string of the molecule is C[C@H](N=C1NC(=O)[C@](C)(CC2CCN(C(=O)c3ccoc3)CC2)S1)c1ccccc1C(F)(F)F. The first-order chi connectivity index (χ1) is 16.1. The summed E-state index contributed by atoms with van der Waals surface area (Å²) in [5, 5.41) is 3.09. The summed E-state index contributed by atoms with van der Waals surface area (Å²) < 4.78 is 44.3. The van der Waals surface area contributed by atoms with Gasteiger partial charge in [-0.3, -0.25) is 14.6 Å². The van der Waals surface area contributed by atoms with Crippen molar-refractivity contribution in [3.05, 3.63) is 59.5 Å². The smallest absolute Gasteiger partial charge is 0.416 e. The number of nitrogens with zero attached hydrogens (tertiary/aromatic N) is 2. The molecule has 0 spiro atoms. The minimum atomic E-state index is -4.47. The molecule has 0 unspecified atom stereocenters. The van der Waals surface area contributed by atoms with E-state index < -0.39 is 22.5 Å². The van der Waals surface area contributed by atoms with Gasteiger partial charge in [-0.05, 0) is 56.7 Å². The van der Waals surface area contributed by atoms with Crippen LogP contribution in [0, 0.1) is 5.92 Å². The number of carbonyl (C=O) groups is 2. The molecule has 2 saturated heterocycles. The third-order valence-corrected chi connectivity index (χ3v) is 7.60. The largest absolute Gasteiger partial charge is 0.472 e. The first kappa shape index (κ1) is 24.4. The number of thioether (sulfide) groups is 1. The van der Waals surface area contributed by atoms with Crippen molar-refractivity contribution >= 4 is 28.7 Å². The highest BCUT2D eigenvalue weighted by atomic mass is 32.2. The van der Waals surface area contributed by atoms with Crippen molar-refractivity contribution < 1.29 is 27.2 Å². The second-order valence-corrected chi connectivity index (χ2v) is 10.4. The van der Waals surface area contributed by atoms with E-state index in [4.69, 9.17) is 4.42 Å². The summed E-state index contributed by atoms with van der Waals surface area (Å²) in [7, 11) is 0. The molecule has 34 heavy (non-hydrogen) atoms. The fourth-order valence-electron chi connectivity index (χ4n) is 4.53. The van der Waals surface area contributed by atoms with E-state index in [-0.39, 0.29) is 23.3 Å². The molecule has 2 aliphatic heterocycles. The van der Waals surface area contributed by atoms with Crippen LogP contribution in [0.25, 0.3) is 0 Å². The number of alkyl halides is 3. The highest BCUT2D eigenvalue weighted by molar-refractivity contribution is 8.16. The molecule has 2 atom stereocenters. The van der Waals surface area contributed by atoms with Crippen LogP contribution in [0.4, 0.5) is 13.2 Å². The molecule has 1 aromatic heterocycles. The van der Waals surface area contributed by atoms with Crippen molar-refractivity contribution in [2.45, 2.75) is 50.1 Å². The van der Waals surface area contributed by atoms with Crippen LogP contribution in [0.15, 0.2) is 52.3 Å². The molecule has 6 nitrogen and oxygen atoms in total. The maximum Gasteiger partial charge on any atom is 0.416 e. The number of rotatable bonds is 5. The highest BCUT2D eigenvalue weighted by Crippen LogP contribution is 2.41. The third kappa shape index (κ3) is 5.16. The van der Waals surface area contributed by atoms with Gasteiger partial charge in [0.05, 0.1) is 28.2 Å². The zero-order valence-electron chi connectivity index (χ0n) is 18.9. The zero-order chi connectivity index (χ0) is 24.5. The van der Waals surface area contributed by atoms with E-state index >= 15 is 0 Å². The van der Waals surface area contributed by atoms with Crippen molar-refractivity contribution in [2.75, 3.05) is 13.1 Å². The molecule has 0 saturated carbocycles. The number of furan rings is 1. The molecule has 182 valence electrons. The Labute approximate surface area is 200 Å². The number of carbonyl (C=O) groups excluding carboxylic acids is 2. The third-order valence-electron chi connectivity index (χ3n) is 6.40. The normalized spacial score (nSPS) is 23.9. The first-order valence-corrected chi connectivity index (χ1v) is 11.9. The van der Waals surface area contributed by atoms with E-state index in [1.165, 1.54) is 36.4 Å². The average Bonchev–Trinajstić information content (AvgIpc) is 3.42. The topological polar surface area (TPSA) is 74.9 Å². The summed E-state index contributed by atoms with van der Waals surface area (Å²) in [6, 6.07) is 6.24. The van der Waals surface area contributed by atoms with Gasteiger partial charge in [-0.15, -0.1) is 0 Å². The van der Waals surface area contributed by atoms with Crippen LogP contribution in [0.3, 0.4) is 0 Å². The quantitative estimate of drug-likeness (QED) is 0.615. The van der Waals surface area contributed by atoms with Crippen LogP contribution in [-0.2, 0) is 11.0 Å². The Balaban J connectivity index is 1.39.